The average molecular weight is 356 g/mol. The molecule has 25 heavy (non-hydrogen) atoms. The first-order valence-corrected chi connectivity index (χ1v) is 9.02. The Morgan fingerprint density at radius 3 is 2.68 bits per heavy atom. The fourth-order valence-corrected chi connectivity index (χ4v) is 3.21. The summed E-state index contributed by atoms with van der Waals surface area (Å²) in [6.07, 6.45) is 3.32. The van der Waals surface area contributed by atoms with Crippen LogP contribution in [0.4, 0.5) is 0 Å². The molecule has 1 aliphatic rings. The predicted octanol–water partition coefficient (Wildman–Crippen LogP) is 4.82. The molecule has 2 aromatic carbocycles. The number of hydrogen-bond acceptors (Lipinski definition) is 5. The molecule has 0 spiro atoms. The summed E-state index contributed by atoms with van der Waals surface area (Å²) in [5, 5.41) is 0. The second-order valence-electron chi connectivity index (χ2n) is 5.84. The van der Waals surface area contributed by atoms with Crippen molar-refractivity contribution in [3.8, 4) is 17.2 Å². The molecule has 0 fully saturated rings. The van der Waals surface area contributed by atoms with Crippen LogP contribution in [0.25, 0.3) is 6.08 Å². The first-order valence-electron chi connectivity index (χ1n) is 8.03. The maximum atomic E-state index is 12.7. The molecule has 0 radical (unpaired) electrons. The van der Waals surface area contributed by atoms with Crippen LogP contribution in [0, 0.1) is 0 Å². The van der Waals surface area contributed by atoms with Crippen LogP contribution in [-0.2, 0) is 0 Å². The highest BCUT2D eigenvalue weighted by Crippen LogP contribution is 2.41. The third-order valence-electron chi connectivity index (χ3n) is 3.65. The molecule has 0 unspecified atom stereocenters. The van der Waals surface area contributed by atoms with Gasteiger partial charge in [-0.05, 0) is 49.8 Å². The number of rotatable bonds is 6. The molecule has 0 N–H and O–H groups in total. The second-order valence-corrected chi connectivity index (χ2v) is 6.80. The van der Waals surface area contributed by atoms with E-state index in [1.54, 1.807) is 37.1 Å². The number of thioether (sulfide) groups is 1. The quantitative estimate of drug-likeness (QED) is 0.548. The number of methoxy groups -OCH3 is 1. The molecule has 130 valence electrons. The molecule has 0 amide bonds. The minimum absolute atomic E-state index is 0.0116. The summed E-state index contributed by atoms with van der Waals surface area (Å²) < 4.78 is 16.5. The molecule has 0 aromatic heterocycles. The van der Waals surface area contributed by atoms with Crippen LogP contribution in [0.2, 0.25) is 0 Å². The van der Waals surface area contributed by atoms with E-state index in [1.807, 2.05) is 44.2 Å². The Balaban J connectivity index is 1.86. The molecule has 1 heterocycles. The molecule has 0 saturated heterocycles. The molecular formula is C20H20O4S. The van der Waals surface area contributed by atoms with E-state index in [4.69, 9.17) is 14.2 Å². The Labute approximate surface area is 151 Å². The van der Waals surface area contributed by atoms with Crippen molar-refractivity contribution in [3.63, 3.8) is 0 Å². The van der Waals surface area contributed by atoms with Crippen LogP contribution in [0.15, 0.2) is 47.4 Å². The van der Waals surface area contributed by atoms with Gasteiger partial charge in [-0.15, -0.1) is 0 Å². The summed E-state index contributed by atoms with van der Waals surface area (Å²) in [6.45, 7) is 3.89. The Morgan fingerprint density at radius 1 is 1.24 bits per heavy atom. The summed E-state index contributed by atoms with van der Waals surface area (Å²) in [6, 6.07) is 11.2. The number of carbonyl (C=O) groups is 1. The number of hydrogen-bond donors (Lipinski definition) is 0. The van der Waals surface area contributed by atoms with Crippen molar-refractivity contribution in [2.45, 2.75) is 24.8 Å². The van der Waals surface area contributed by atoms with Crippen LogP contribution < -0.4 is 14.2 Å². The van der Waals surface area contributed by atoms with Crippen LogP contribution >= 0.6 is 11.8 Å². The van der Waals surface area contributed by atoms with Gasteiger partial charge in [0.15, 0.2) is 5.78 Å². The highest BCUT2D eigenvalue weighted by molar-refractivity contribution is 7.99. The highest BCUT2D eigenvalue weighted by Gasteiger charge is 2.20. The molecule has 4 nitrogen and oxygen atoms in total. The molecule has 1 aliphatic heterocycles. The Hall–Kier alpha value is -2.40. The van der Waals surface area contributed by atoms with Gasteiger partial charge in [0, 0.05) is 0 Å². The van der Waals surface area contributed by atoms with E-state index in [2.05, 4.69) is 0 Å². The lowest BCUT2D eigenvalue weighted by Crippen LogP contribution is -2.09. The maximum absolute atomic E-state index is 12.7. The van der Waals surface area contributed by atoms with Gasteiger partial charge >= 0.3 is 0 Å². The first kappa shape index (κ1) is 17.4. The first-order chi connectivity index (χ1) is 12.1. The number of benzene rings is 2. The van der Waals surface area contributed by atoms with Crippen molar-refractivity contribution in [1.82, 2.24) is 0 Å². The van der Waals surface area contributed by atoms with E-state index in [1.165, 1.54) is 0 Å². The topological polar surface area (TPSA) is 44.8 Å². The monoisotopic (exact) mass is 356 g/mol. The maximum Gasteiger partial charge on any atom is 0.189 e. The molecule has 5 heteroatoms. The lowest BCUT2D eigenvalue weighted by atomic mass is 10.1. The van der Waals surface area contributed by atoms with Crippen molar-refractivity contribution in [2.24, 2.45) is 0 Å². The molecule has 0 bridgehead atoms. The number of allylic oxidation sites excluding steroid dienone is 1. The minimum atomic E-state index is -0.116. The van der Waals surface area contributed by atoms with Gasteiger partial charge in [0.05, 0.1) is 23.7 Å². The SMILES string of the molecule is COc1ccc(/C=C/C(=O)c2cc3c(cc2OC(C)C)SCO3)cc1. The van der Waals surface area contributed by atoms with E-state index >= 15 is 0 Å². The van der Waals surface area contributed by atoms with Crippen molar-refractivity contribution in [3.05, 3.63) is 53.6 Å². The molecule has 2 aromatic rings. The standard InChI is InChI=1S/C20H20O4S/c1-13(2)24-18-11-20-19(23-12-25-20)10-16(18)17(21)9-6-14-4-7-15(22-3)8-5-14/h4-11,13H,12H2,1-3H3/b9-6+. The molecule has 0 aliphatic carbocycles. The van der Waals surface area contributed by atoms with Gasteiger partial charge in [0.2, 0.25) is 0 Å². The van der Waals surface area contributed by atoms with E-state index in [-0.39, 0.29) is 11.9 Å². The minimum Gasteiger partial charge on any atom is -0.497 e. The summed E-state index contributed by atoms with van der Waals surface area (Å²) in [5.74, 6) is 2.56. The van der Waals surface area contributed by atoms with Gasteiger partial charge in [0.1, 0.15) is 23.2 Å². The summed E-state index contributed by atoms with van der Waals surface area (Å²) >= 11 is 1.60. The van der Waals surface area contributed by atoms with Gasteiger partial charge in [-0.1, -0.05) is 30.0 Å². The van der Waals surface area contributed by atoms with Crippen molar-refractivity contribution in [2.75, 3.05) is 13.0 Å². The lowest BCUT2D eigenvalue weighted by Gasteiger charge is -2.14. The molecule has 3 rings (SSSR count). The largest absolute Gasteiger partial charge is 0.497 e. The number of fused-ring (bicyclic) bond motifs is 1. The Kier molecular flexibility index (Phi) is 5.34. The van der Waals surface area contributed by atoms with E-state index in [0.717, 1.165) is 22.0 Å². The third-order valence-corrected chi connectivity index (χ3v) is 4.51. The normalized spacial score (nSPS) is 13.0. The van der Waals surface area contributed by atoms with Crippen LogP contribution in [0.1, 0.15) is 29.8 Å². The number of carbonyl (C=O) groups excluding carboxylic acids is 1. The smallest absolute Gasteiger partial charge is 0.189 e. The predicted molar refractivity (Wildman–Crippen MR) is 99.9 cm³/mol. The van der Waals surface area contributed by atoms with Gasteiger partial charge < -0.3 is 14.2 Å². The third kappa shape index (κ3) is 4.17. The summed E-state index contributed by atoms with van der Waals surface area (Å²) in [4.78, 5) is 13.7. The van der Waals surface area contributed by atoms with Crippen molar-refractivity contribution < 1.29 is 19.0 Å². The zero-order chi connectivity index (χ0) is 17.8. The summed E-state index contributed by atoms with van der Waals surface area (Å²) in [5.41, 5.74) is 1.44. The lowest BCUT2D eigenvalue weighted by molar-refractivity contribution is 0.104. The molecular weight excluding hydrogens is 336 g/mol. The molecule has 0 saturated carbocycles. The zero-order valence-corrected chi connectivity index (χ0v) is 15.3. The van der Waals surface area contributed by atoms with E-state index < -0.39 is 0 Å². The van der Waals surface area contributed by atoms with Gasteiger partial charge in [-0.25, -0.2) is 0 Å². The van der Waals surface area contributed by atoms with Gasteiger partial charge in [-0.2, -0.15) is 0 Å². The highest BCUT2D eigenvalue weighted by atomic mass is 32.2. The van der Waals surface area contributed by atoms with Gasteiger partial charge in [0.25, 0.3) is 0 Å². The fraction of sp³-hybridized carbons (Fsp3) is 0.250. The number of ether oxygens (including phenoxy) is 3. The van der Waals surface area contributed by atoms with Crippen molar-refractivity contribution in [1.29, 1.82) is 0 Å². The fourth-order valence-electron chi connectivity index (χ4n) is 2.44. The van der Waals surface area contributed by atoms with Crippen LogP contribution in [-0.4, -0.2) is 24.9 Å². The zero-order valence-electron chi connectivity index (χ0n) is 14.4. The Morgan fingerprint density at radius 2 is 2.00 bits per heavy atom. The van der Waals surface area contributed by atoms with Crippen molar-refractivity contribution >= 4 is 23.6 Å². The van der Waals surface area contributed by atoms with Gasteiger partial charge in [-0.3, -0.25) is 4.79 Å². The van der Waals surface area contributed by atoms with Crippen LogP contribution in [0.5, 0.6) is 17.2 Å². The second kappa shape index (κ2) is 7.66. The summed E-state index contributed by atoms with van der Waals surface area (Å²) in [7, 11) is 1.62. The molecule has 0 atom stereocenters. The van der Waals surface area contributed by atoms with E-state index in [0.29, 0.717) is 17.3 Å². The Bertz CT molecular complexity index is 794. The average Bonchev–Trinajstić information content (AvgIpc) is 3.06. The van der Waals surface area contributed by atoms with E-state index in [9.17, 15) is 4.79 Å². The van der Waals surface area contributed by atoms with Crippen LogP contribution in [0.3, 0.4) is 0 Å². The number of ketones is 1.